The molecule has 0 aliphatic heterocycles. The van der Waals surface area contributed by atoms with Gasteiger partial charge in [0.05, 0.1) is 18.6 Å². The molecule has 0 amide bonds. The second-order valence-corrected chi connectivity index (χ2v) is 3.92. The van der Waals surface area contributed by atoms with Crippen molar-refractivity contribution in [3.63, 3.8) is 0 Å². The molecule has 2 rings (SSSR count). The van der Waals surface area contributed by atoms with Crippen molar-refractivity contribution in [1.82, 2.24) is 0 Å². The van der Waals surface area contributed by atoms with Crippen LogP contribution in [0, 0.1) is 5.82 Å². The van der Waals surface area contributed by atoms with Crippen molar-refractivity contribution in [2.45, 2.75) is 12.5 Å². The Morgan fingerprint density at radius 2 is 2.19 bits per heavy atom. The summed E-state index contributed by atoms with van der Waals surface area (Å²) in [7, 11) is 0. The molecule has 0 aliphatic carbocycles. The van der Waals surface area contributed by atoms with E-state index in [0.29, 0.717) is 16.1 Å². The first-order chi connectivity index (χ1) is 7.66. The molecular formula is C12H10ClFO2. The second kappa shape index (κ2) is 4.68. The molecule has 0 aliphatic rings. The molecule has 1 aromatic carbocycles. The topological polar surface area (TPSA) is 33.4 Å². The Balaban J connectivity index is 2.17. The number of halogens is 2. The summed E-state index contributed by atoms with van der Waals surface area (Å²) in [5.41, 5.74) is 1.23. The van der Waals surface area contributed by atoms with Crippen molar-refractivity contribution in [3.8, 4) is 0 Å². The van der Waals surface area contributed by atoms with Crippen LogP contribution < -0.4 is 0 Å². The highest BCUT2D eigenvalue weighted by Gasteiger charge is 2.12. The Labute approximate surface area is 97.3 Å². The number of aliphatic hydroxyl groups excluding tert-OH is 1. The standard InChI is InChI=1S/C12H10ClFO2/c13-11-2-1-10(14)5-9(11)6-12(15)8-3-4-16-7-8/h1-5,7,12,15H,6H2. The van der Waals surface area contributed by atoms with Gasteiger partial charge in [-0.25, -0.2) is 4.39 Å². The molecule has 16 heavy (non-hydrogen) atoms. The van der Waals surface area contributed by atoms with Crippen molar-refractivity contribution in [1.29, 1.82) is 0 Å². The molecule has 4 heteroatoms. The molecule has 0 fully saturated rings. The molecule has 2 nitrogen and oxygen atoms in total. The van der Waals surface area contributed by atoms with E-state index < -0.39 is 6.10 Å². The van der Waals surface area contributed by atoms with E-state index in [0.717, 1.165) is 0 Å². The zero-order chi connectivity index (χ0) is 11.5. The quantitative estimate of drug-likeness (QED) is 0.893. The summed E-state index contributed by atoms with van der Waals surface area (Å²) in [5.74, 6) is -0.362. The lowest BCUT2D eigenvalue weighted by atomic mass is 10.0. The fraction of sp³-hybridized carbons (Fsp3) is 0.167. The number of hydrogen-bond donors (Lipinski definition) is 1. The van der Waals surface area contributed by atoms with Gasteiger partial charge < -0.3 is 9.52 Å². The number of rotatable bonds is 3. The highest BCUT2D eigenvalue weighted by Crippen LogP contribution is 2.24. The van der Waals surface area contributed by atoms with Gasteiger partial charge in [-0.05, 0) is 29.8 Å². The summed E-state index contributed by atoms with van der Waals surface area (Å²) in [5, 5.41) is 10.3. The summed E-state index contributed by atoms with van der Waals surface area (Å²) in [6.45, 7) is 0. The van der Waals surface area contributed by atoms with Crippen molar-refractivity contribution < 1.29 is 13.9 Å². The molecule has 1 heterocycles. The van der Waals surface area contributed by atoms with Gasteiger partial charge in [-0.2, -0.15) is 0 Å². The first kappa shape index (κ1) is 11.2. The minimum Gasteiger partial charge on any atom is -0.472 e. The van der Waals surface area contributed by atoms with E-state index in [1.807, 2.05) is 0 Å². The van der Waals surface area contributed by atoms with Gasteiger partial charge in [0.15, 0.2) is 0 Å². The maximum Gasteiger partial charge on any atom is 0.123 e. The Hall–Kier alpha value is -1.32. The highest BCUT2D eigenvalue weighted by atomic mass is 35.5. The molecule has 1 N–H and O–H groups in total. The maximum absolute atomic E-state index is 13.0. The zero-order valence-electron chi connectivity index (χ0n) is 8.36. The van der Waals surface area contributed by atoms with Gasteiger partial charge in [0.25, 0.3) is 0 Å². The molecule has 1 atom stereocenters. The number of benzene rings is 1. The lowest BCUT2D eigenvalue weighted by Crippen LogP contribution is -2.01. The summed E-state index contributed by atoms with van der Waals surface area (Å²) >= 11 is 5.90. The van der Waals surface area contributed by atoms with Gasteiger partial charge in [0.2, 0.25) is 0 Å². The van der Waals surface area contributed by atoms with Crippen LogP contribution in [0.2, 0.25) is 5.02 Å². The molecular weight excluding hydrogens is 231 g/mol. The van der Waals surface area contributed by atoms with E-state index in [9.17, 15) is 9.50 Å². The summed E-state index contributed by atoms with van der Waals surface area (Å²) < 4.78 is 17.8. The third-order valence-corrected chi connectivity index (χ3v) is 2.72. The molecule has 84 valence electrons. The molecule has 0 saturated heterocycles. The average Bonchev–Trinajstić information content (AvgIpc) is 2.76. The molecule has 0 radical (unpaired) electrons. The SMILES string of the molecule is OC(Cc1cc(F)ccc1Cl)c1ccoc1. The fourth-order valence-electron chi connectivity index (χ4n) is 1.49. The van der Waals surface area contributed by atoms with Crippen LogP contribution in [-0.4, -0.2) is 5.11 Å². The van der Waals surface area contributed by atoms with Crippen molar-refractivity contribution in [2.75, 3.05) is 0 Å². The first-order valence-electron chi connectivity index (χ1n) is 4.81. The molecule has 0 saturated carbocycles. The number of hydrogen-bond acceptors (Lipinski definition) is 2. The van der Waals surface area contributed by atoms with Gasteiger partial charge in [0, 0.05) is 17.0 Å². The van der Waals surface area contributed by atoms with Crippen LogP contribution >= 0.6 is 11.6 Å². The van der Waals surface area contributed by atoms with E-state index in [2.05, 4.69) is 0 Å². The monoisotopic (exact) mass is 240 g/mol. The Bertz CT molecular complexity index is 468. The van der Waals surface area contributed by atoms with E-state index in [1.165, 1.54) is 30.7 Å². The van der Waals surface area contributed by atoms with E-state index >= 15 is 0 Å². The highest BCUT2D eigenvalue weighted by molar-refractivity contribution is 6.31. The molecule has 1 unspecified atom stereocenters. The van der Waals surface area contributed by atoms with Crippen LogP contribution in [0.15, 0.2) is 41.2 Å². The predicted octanol–water partition coefficient (Wildman–Crippen LogP) is 3.35. The largest absolute Gasteiger partial charge is 0.472 e. The van der Waals surface area contributed by atoms with Gasteiger partial charge in [0.1, 0.15) is 5.82 Å². The van der Waals surface area contributed by atoms with Gasteiger partial charge in [-0.1, -0.05) is 11.6 Å². The van der Waals surface area contributed by atoms with E-state index in [4.69, 9.17) is 16.0 Å². The van der Waals surface area contributed by atoms with Crippen molar-refractivity contribution >= 4 is 11.6 Å². The van der Waals surface area contributed by atoms with Crippen LogP contribution in [0.3, 0.4) is 0 Å². The van der Waals surface area contributed by atoms with Gasteiger partial charge >= 0.3 is 0 Å². The Kier molecular flexibility index (Phi) is 3.27. The van der Waals surface area contributed by atoms with Crippen molar-refractivity contribution in [2.24, 2.45) is 0 Å². The molecule has 2 aromatic rings. The lowest BCUT2D eigenvalue weighted by molar-refractivity contribution is 0.177. The van der Waals surface area contributed by atoms with E-state index in [1.54, 1.807) is 6.07 Å². The molecule has 1 aromatic heterocycles. The third kappa shape index (κ3) is 2.43. The smallest absolute Gasteiger partial charge is 0.123 e. The third-order valence-electron chi connectivity index (χ3n) is 2.35. The van der Waals surface area contributed by atoms with Gasteiger partial charge in [-0.15, -0.1) is 0 Å². The second-order valence-electron chi connectivity index (χ2n) is 3.51. The molecule has 0 spiro atoms. The minimum absolute atomic E-state index is 0.260. The van der Waals surface area contributed by atoms with Crippen LogP contribution in [-0.2, 0) is 6.42 Å². The molecule has 0 bridgehead atoms. The minimum atomic E-state index is -0.738. The fourth-order valence-corrected chi connectivity index (χ4v) is 1.69. The summed E-state index contributed by atoms with van der Waals surface area (Å²) in [6, 6.07) is 5.76. The lowest BCUT2D eigenvalue weighted by Gasteiger charge is -2.09. The van der Waals surface area contributed by atoms with Gasteiger partial charge in [-0.3, -0.25) is 0 Å². The Morgan fingerprint density at radius 1 is 1.38 bits per heavy atom. The predicted molar refractivity (Wildman–Crippen MR) is 58.8 cm³/mol. The van der Waals surface area contributed by atoms with E-state index in [-0.39, 0.29) is 12.2 Å². The average molecular weight is 241 g/mol. The normalized spacial score (nSPS) is 12.7. The number of aliphatic hydroxyl groups is 1. The van der Waals surface area contributed by atoms with Crippen LogP contribution in [0.5, 0.6) is 0 Å². The number of furan rings is 1. The first-order valence-corrected chi connectivity index (χ1v) is 5.18. The zero-order valence-corrected chi connectivity index (χ0v) is 9.12. The Morgan fingerprint density at radius 3 is 2.88 bits per heavy atom. The summed E-state index contributed by atoms with van der Waals surface area (Å²) in [4.78, 5) is 0. The van der Waals surface area contributed by atoms with Crippen molar-refractivity contribution in [3.05, 3.63) is 58.8 Å². The van der Waals surface area contributed by atoms with Crippen LogP contribution in [0.4, 0.5) is 4.39 Å². The van der Waals surface area contributed by atoms with Crippen LogP contribution in [0.25, 0.3) is 0 Å². The maximum atomic E-state index is 13.0. The summed E-state index contributed by atoms with van der Waals surface area (Å²) in [6.07, 6.45) is 2.46. The van der Waals surface area contributed by atoms with Crippen LogP contribution in [0.1, 0.15) is 17.2 Å².